The van der Waals surface area contributed by atoms with Crippen LogP contribution in [0, 0.1) is 0 Å². The summed E-state index contributed by atoms with van der Waals surface area (Å²) in [6.45, 7) is 0. The van der Waals surface area contributed by atoms with E-state index in [1.165, 1.54) is 0 Å². The van der Waals surface area contributed by atoms with Gasteiger partial charge in [0, 0.05) is 5.92 Å². The number of carboxylic acids is 1. The van der Waals surface area contributed by atoms with Crippen LogP contribution in [0.1, 0.15) is 39.3 Å². The lowest BCUT2D eigenvalue weighted by molar-refractivity contribution is -0.141. The fourth-order valence-electron chi connectivity index (χ4n) is 4.55. The van der Waals surface area contributed by atoms with Crippen molar-refractivity contribution in [3.8, 4) is 0 Å². The molecule has 0 fully saturated rings. The molecule has 3 aromatic carbocycles. The molecule has 2 heteroatoms. The van der Waals surface area contributed by atoms with E-state index in [4.69, 9.17) is 0 Å². The number of benzene rings is 3. The van der Waals surface area contributed by atoms with Crippen LogP contribution in [0.15, 0.2) is 72.8 Å². The van der Waals surface area contributed by atoms with E-state index in [2.05, 4.69) is 18.2 Å². The Kier molecular flexibility index (Phi) is 2.26. The molecular weight excluding hydrogens is 284 g/mol. The summed E-state index contributed by atoms with van der Waals surface area (Å²) in [4.78, 5) is 12.6. The van der Waals surface area contributed by atoms with E-state index in [9.17, 15) is 9.90 Å². The average molecular weight is 298 g/mol. The summed E-state index contributed by atoms with van der Waals surface area (Å²) in [6.07, 6.45) is 0. The van der Waals surface area contributed by atoms with Crippen molar-refractivity contribution in [3.05, 3.63) is 106 Å². The highest BCUT2D eigenvalue weighted by molar-refractivity contribution is 5.96. The Bertz CT molecular complexity index is 855. The molecule has 0 heterocycles. The van der Waals surface area contributed by atoms with Gasteiger partial charge in [-0.05, 0) is 33.4 Å². The van der Waals surface area contributed by atoms with E-state index in [-0.39, 0.29) is 5.92 Å². The van der Waals surface area contributed by atoms with E-state index in [1.807, 2.05) is 54.6 Å². The van der Waals surface area contributed by atoms with Crippen LogP contribution in [0.5, 0.6) is 0 Å². The number of hydrogen-bond acceptors (Lipinski definition) is 1. The van der Waals surface area contributed by atoms with Gasteiger partial charge in [0.25, 0.3) is 0 Å². The summed E-state index contributed by atoms with van der Waals surface area (Å²) in [5, 5.41) is 10.4. The van der Waals surface area contributed by atoms with Crippen LogP contribution in [0.2, 0.25) is 0 Å². The second-order valence-corrected chi connectivity index (χ2v) is 6.25. The van der Waals surface area contributed by atoms with E-state index < -0.39 is 11.4 Å². The second kappa shape index (κ2) is 4.11. The van der Waals surface area contributed by atoms with Crippen molar-refractivity contribution in [2.24, 2.45) is 0 Å². The molecule has 0 aromatic heterocycles. The van der Waals surface area contributed by atoms with Gasteiger partial charge >= 0.3 is 5.97 Å². The number of carbonyl (C=O) groups is 1. The van der Waals surface area contributed by atoms with Gasteiger partial charge in [0.15, 0.2) is 0 Å². The zero-order valence-corrected chi connectivity index (χ0v) is 12.4. The van der Waals surface area contributed by atoms with E-state index in [1.54, 1.807) is 0 Å². The Morgan fingerprint density at radius 1 is 0.696 bits per heavy atom. The quantitative estimate of drug-likeness (QED) is 0.739. The molecule has 2 bridgehead atoms. The Balaban J connectivity index is 2.04. The van der Waals surface area contributed by atoms with Crippen LogP contribution in [0.4, 0.5) is 0 Å². The summed E-state index contributed by atoms with van der Waals surface area (Å²) in [5.74, 6) is -0.678. The highest BCUT2D eigenvalue weighted by atomic mass is 16.4. The summed E-state index contributed by atoms with van der Waals surface area (Å²) >= 11 is 0. The molecule has 0 aliphatic heterocycles. The molecule has 0 amide bonds. The van der Waals surface area contributed by atoms with Gasteiger partial charge in [-0.2, -0.15) is 0 Å². The average Bonchev–Trinajstić information content (AvgIpc) is 2.61. The first-order valence-corrected chi connectivity index (χ1v) is 7.78. The standard InChI is InChI=1S/C21H14O2/c22-20(23)21-16-10-4-1-7-13(16)19(14-8-2-5-11-17(14)21)15-9-3-6-12-18(15)21/h1-12,19H,(H,22,23). The molecule has 3 aliphatic carbocycles. The van der Waals surface area contributed by atoms with Crippen LogP contribution in [0.3, 0.4) is 0 Å². The monoisotopic (exact) mass is 298 g/mol. The third kappa shape index (κ3) is 1.28. The smallest absolute Gasteiger partial charge is 0.323 e. The maximum Gasteiger partial charge on any atom is 0.323 e. The molecule has 0 unspecified atom stereocenters. The van der Waals surface area contributed by atoms with Crippen molar-refractivity contribution in [3.63, 3.8) is 0 Å². The fraction of sp³-hybridized carbons (Fsp3) is 0.0952. The molecular formula is C21H14O2. The van der Waals surface area contributed by atoms with Crippen LogP contribution < -0.4 is 0 Å². The van der Waals surface area contributed by atoms with Gasteiger partial charge in [-0.3, -0.25) is 4.79 Å². The van der Waals surface area contributed by atoms with Crippen LogP contribution in [0.25, 0.3) is 0 Å². The summed E-state index contributed by atoms with van der Waals surface area (Å²) < 4.78 is 0. The molecule has 0 saturated heterocycles. The molecule has 0 saturated carbocycles. The first-order valence-electron chi connectivity index (χ1n) is 7.78. The van der Waals surface area contributed by atoms with Crippen molar-refractivity contribution in [1.82, 2.24) is 0 Å². The Hall–Kier alpha value is -2.87. The minimum Gasteiger partial charge on any atom is -0.480 e. The zero-order chi connectivity index (χ0) is 15.6. The lowest BCUT2D eigenvalue weighted by atomic mass is 9.53. The van der Waals surface area contributed by atoms with Gasteiger partial charge in [-0.25, -0.2) is 0 Å². The van der Waals surface area contributed by atoms with Gasteiger partial charge in [0.2, 0.25) is 0 Å². The minimum absolute atomic E-state index is 0.125. The lowest BCUT2D eigenvalue weighted by Crippen LogP contribution is -2.47. The number of hydrogen-bond donors (Lipinski definition) is 1. The molecule has 0 spiro atoms. The summed E-state index contributed by atoms with van der Waals surface area (Å²) in [6, 6.07) is 24.0. The van der Waals surface area contributed by atoms with Gasteiger partial charge in [-0.15, -0.1) is 0 Å². The number of carboxylic acid groups (broad SMARTS) is 1. The Morgan fingerprint density at radius 2 is 1.04 bits per heavy atom. The SMILES string of the molecule is O=C(O)C12c3ccccc3C(c3ccccc31)c1ccccc12. The van der Waals surface area contributed by atoms with Crippen LogP contribution >= 0.6 is 0 Å². The van der Waals surface area contributed by atoms with Crippen LogP contribution in [-0.4, -0.2) is 11.1 Å². The summed E-state index contributed by atoms with van der Waals surface area (Å²) in [5.41, 5.74) is 4.99. The van der Waals surface area contributed by atoms with Crippen molar-refractivity contribution in [1.29, 1.82) is 0 Å². The minimum atomic E-state index is -1.10. The van der Waals surface area contributed by atoms with Crippen molar-refractivity contribution >= 4 is 5.97 Å². The molecule has 1 N–H and O–H groups in total. The Morgan fingerprint density at radius 3 is 1.39 bits per heavy atom. The predicted octanol–water partition coefficient (Wildman–Crippen LogP) is 3.91. The molecule has 2 nitrogen and oxygen atoms in total. The highest BCUT2D eigenvalue weighted by Crippen LogP contribution is 2.58. The van der Waals surface area contributed by atoms with E-state index in [0.717, 1.165) is 33.4 Å². The van der Waals surface area contributed by atoms with Gasteiger partial charge < -0.3 is 5.11 Å². The summed E-state index contributed by atoms with van der Waals surface area (Å²) in [7, 11) is 0. The first kappa shape index (κ1) is 12.7. The molecule has 6 rings (SSSR count). The number of aliphatic carboxylic acids is 1. The zero-order valence-electron chi connectivity index (χ0n) is 12.4. The van der Waals surface area contributed by atoms with Gasteiger partial charge in [0.1, 0.15) is 5.41 Å². The Labute approximate surface area is 134 Å². The maximum atomic E-state index is 12.6. The fourth-order valence-corrected chi connectivity index (χ4v) is 4.55. The van der Waals surface area contributed by atoms with Crippen molar-refractivity contribution in [2.45, 2.75) is 11.3 Å². The van der Waals surface area contributed by atoms with Gasteiger partial charge in [0.05, 0.1) is 0 Å². The molecule has 3 aromatic rings. The second-order valence-electron chi connectivity index (χ2n) is 6.25. The van der Waals surface area contributed by atoms with Crippen molar-refractivity contribution in [2.75, 3.05) is 0 Å². The topological polar surface area (TPSA) is 37.3 Å². The molecule has 3 aliphatic rings. The number of rotatable bonds is 1. The van der Waals surface area contributed by atoms with Gasteiger partial charge in [-0.1, -0.05) is 72.8 Å². The third-order valence-corrected chi connectivity index (χ3v) is 5.35. The van der Waals surface area contributed by atoms with E-state index in [0.29, 0.717) is 0 Å². The molecule has 0 radical (unpaired) electrons. The molecule has 23 heavy (non-hydrogen) atoms. The highest BCUT2D eigenvalue weighted by Gasteiger charge is 2.56. The predicted molar refractivity (Wildman–Crippen MR) is 87.8 cm³/mol. The van der Waals surface area contributed by atoms with Crippen molar-refractivity contribution < 1.29 is 9.90 Å². The molecule has 0 atom stereocenters. The normalized spacial score (nSPS) is 22.9. The van der Waals surface area contributed by atoms with E-state index >= 15 is 0 Å². The lowest BCUT2D eigenvalue weighted by Gasteiger charge is -2.48. The van der Waals surface area contributed by atoms with Crippen LogP contribution in [-0.2, 0) is 10.2 Å². The first-order chi connectivity index (χ1) is 11.3. The largest absolute Gasteiger partial charge is 0.480 e. The third-order valence-electron chi connectivity index (χ3n) is 5.35. The maximum absolute atomic E-state index is 12.6. The molecule has 110 valence electrons.